The number of halogens is 3. The molecule has 0 spiro atoms. The van der Waals surface area contributed by atoms with E-state index in [4.69, 9.17) is 0 Å². The van der Waals surface area contributed by atoms with E-state index in [0.717, 1.165) is 17.7 Å². The molecule has 0 heterocycles. The summed E-state index contributed by atoms with van der Waals surface area (Å²) >= 11 is 0. The molecule has 0 aromatic carbocycles. The zero-order valence-electron chi connectivity index (χ0n) is 12.5. The van der Waals surface area contributed by atoms with Gasteiger partial charge in [-0.15, -0.1) is 0 Å². The van der Waals surface area contributed by atoms with Crippen LogP contribution < -0.4 is 5.32 Å². The van der Waals surface area contributed by atoms with Gasteiger partial charge in [-0.3, -0.25) is 4.79 Å². The van der Waals surface area contributed by atoms with E-state index in [2.05, 4.69) is 5.32 Å². The van der Waals surface area contributed by atoms with E-state index in [1.54, 1.807) is 6.92 Å². The van der Waals surface area contributed by atoms with Crippen LogP contribution in [-0.4, -0.2) is 42.2 Å². The van der Waals surface area contributed by atoms with Gasteiger partial charge >= 0.3 is 6.18 Å². The van der Waals surface area contributed by atoms with Crippen molar-refractivity contribution in [3.8, 4) is 0 Å². The van der Waals surface area contributed by atoms with Gasteiger partial charge in [-0.1, -0.05) is 13.8 Å². The van der Waals surface area contributed by atoms with E-state index < -0.39 is 12.7 Å². The fourth-order valence-electron chi connectivity index (χ4n) is 2.26. The predicted octanol–water partition coefficient (Wildman–Crippen LogP) is 2.95. The maximum Gasteiger partial charge on any atom is 0.406 e. The highest BCUT2D eigenvalue weighted by molar-refractivity contribution is 5.76. The minimum Gasteiger partial charge on any atom is -0.331 e. The Kier molecular flexibility index (Phi) is 6.30. The average Bonchev–Trinajstić information content (AvgIpc) is 3.13. The Morgan fingerprint density at radius 1 is 1.30 bits per heavy atom. The quantitative estimate of drug-likeness (QED) is 0.698. The number of rotatable bonds is 8. The van der Waals surface area contributed by atoms with E-state index >= 15 is 0 Å². The van der Waals surface area contributed by atoms with E-state index in [1.807, 2.05) is 13.8 Å². The molecule has 118 valence electrons. The molecule has 20 heavy (non-hydrogen) atoms. The van der Waals surface area contributed by atoms with Gasteiger partial charge in [0.25, 0.3) is 0 Å². The largest absolute Gasteiger partial charge is 0.406 e. The lowest BCUT2D eigenvalue weighted by Crippen LogP contribution is -2.45. The molecule has 1 atom stereocenters. The van der Waals surface area contributed by atoms with Crippen molar-refractivity contribution in [3.05, 3.63) is 0 Å². The van der Waals surface area contributed by atoms with Crippen molar-refractivity contribution in [1.29, 1.82) is 0 Å². The molecule has 0 saturated heterocycles. The molecule has 0 aliphatic heterocycles. The van der Waals surface area contributed by atoms with Crippen molar-refractivity contribution in [2.45, 2.75) is 64.7 Å². The van der Waals surface area contributed by atoms with Gasteiger partial charge in [0.05, 0.1) is 0 Å². The second-order valence-electron chi connectivity index (χ2n) is 5.93. The zero-order valence-corrected chi connectivity index (χ0v) is 12.5. The molecule has 0 aromatic heterocycles. The molecular weight excluding hydrogens is 269 g/mol. The molecule has 6 heteroatoms. The first-order valence-corrected chi connectivity index (χ1v) is 7.30. The van der Waals surface area contributed by atoms with E-state index in [9.17, 15) is 18.0 Å². The Morgan fingerprint density at radius 2 is 1.90 bits per heavy atom. The summed E-state index contributed by atoms with van der Waals surface area (Å²) < 4.78 is 37.8. The normalized spacial score (nSPS) is 17.4. The molecular formula is C14H25F3N2O. The number of nitrogens with zero attached hydrogens (tertiary/aromatic N) is 1. The van der Waals surface area contributed by atoms with Crippen LogP contribution in [0.5, 0.6) is 0 Å². The molecule has 1 saturated carbocycles. The highest BCUT2D eigenvalue weighted by Gasteiger charge is 2.40. The molecule has 1 rings (SSSR count). The summed E-state index contributed by atoms with van der Waals surface area (Å²) in [5, 5.41) is 3.16. The predicted molar refractivity (Wildman–Crippen MR) is 72.3 cm³/mol. The number of hydrogen-bond acceptors (Lipinski definition) is 2. The highest BCUT2D eigenvalue weighted by Crippen LogP contribution is 2.36. The summed E-state index contributed by atoms with van der Waals surface area (Å²) in [6, 6.07) is 0.0175. The molecule has 0 aromatic rings. The van der Waals surface area contributed by atoms with Gasteiger partial charge in [0.1, 0.15) is 6.54 Å². The van der Waals surface area contributed by atoms with Crippen molar-refractivity contribution >= 4 is 5.91 Å². The van der Waals surface area contributed by atoms with E-state index in [1.165, 1.54) is 0 Å². The fraction of sp³-hybridized carbons (Fsp3) is 0.929. The smallest absolute Gasteiger partial charge is 0.331 e. The molecule has 1 N–H and O–H groups in total. The van der Waals surface area contributed by atoms with Crippen molar-refractivity contribution < 1.29 is 18.0 Å². The lowest BCUT2D eigenvalue weighted by Gasteiger charge is -2.30. The first-order valence-electron chi connectivity index (χ1n) is 7.30. The first kappa shape index (κ1) is 17.3. The number of carbonyl (C=O) groups excluding carboxylic acids is 1. The number of carbonyl (C=O) groups is 1. The number of nitrogens with one attached hydrogen (secondary N) is 1. The van der Waals surface area contributed by atoms with Crippen LogP contribution in [0, 0.1) is 5.92 Å². The van der Waals surface area contributed by atoms with Crippen molar-refractivity contribution in [2.24, 2.45) is 5.92 Å². The number of alkyl halides is 3. The third kappa shape index (κ3) is 6.59. The van der Waals surface area contributed by atoms with Gasteiger partial charge in [-0.25, -0.2) is 0 Å². The van der Waals surface area contributed by atoms with Crippen LogP contribution >= 0.6 is 0 Å². The third-order valence-electron chi connectivity index (χ3n) is 3.59. The van der Waals surface area contributed by atoms with Crippen LogP contribution in [0.1, 0.15) is 46.5 Å². The van der Waals surface area contributed by atoms with Gasteiger partial charge in [0, 0.05) is 18.5 Å². The summed E-state index contributed by atoms with van der Waals surface area (Å²) in [7, 11) is 0. The Labute approximate surface area is 118 Å². The second-order valence-corrected chi connectivity index (χ2v) is 5.93. The van der Waals surface area contributed by atoms with Crippen molar-refractivity contribution in [2.75, 3.05) is 13.1 Å². The molecule has 3 nitrogen and oxygen atoms in total. The number of amides is 1. The summed E-state index contributed by atoms with van der Waals surface area (Å²) in [5.74, 6) is -0.137. The molecule has 1 fully saturated rings. The molecule has 1 aliphatic rings. The Bertz CT molecular complexity index is 314. The Hall–Kier alpha value is -0.780. The second kappa shape index (κ2) is 7.29. The van der Waals surface area contributed by atoms with Gasteiger partial charge in [0.2, 0.25) is 5.91 Å². The SMILES string of the molecule is CC(C)NCCCC(=O)N(CC(F)(F)F)C(C)C1CC1. The molecule has 0 bridgehead atoms. The zero-order chi connectivity index (χ0) is 15.3. The third-order valence-corrected chi connectivity index (χ3v) is 3.59. The minimum absolute atomic E-state index is 0.173. The van der Waals surface area contributed by atoms with Crippen LogP contribution in [0.4, 0.5) is 13.2 Å². The van der Waals surface area contributed by atoms with Crippen LogP contribution in [0.3, 0.4) is 0 Å². The summed E-state index contributed by atoms with van der Waals surface area (Å²) in [6.45, 7) is 5.25. The van der Waals surface area contributed by atoms with E-state index in [-0.39, 0.29) is 24.3 Å². The summed E-state index contributed by atoms with van der Waals surface area (Å²) in [6.07, 6.45) is -1.72. The van der Waals surface area contributed by atoms with Crippen LogP contribution in [-0.2, 0) is 4.79 Å². The maximum atomic E-state index is 12.6. The maximum absolute atomic E-state index is 12.6. The van der Waals surface area contributed by atoms with Gasteiger partial charge in [0.15, 0.2) is 0 Å². The monoisotopic (exact) mass is 294 g/mol. The molecule has 1 aliphatic carbocycles. The Morgan fingerprint density at radius 3 is 2.35 bits per heavy atom. The average molecular weight is 294 g/mol. The lowest BCUT2D eigenvalue weighted by atomic mass is 10.1. The Balaban J connectivity index is 2.46. The van der Waals surface area contributed by atoms with Crippen LogP contribution in [0.2, 0.25) is 0 Å². The van der Waals surface area contributed by atoms with Crippen molar-refractivity contribution in [1.82, 2.24) is 10.2 Å². The van der Waals surface area contributed by atoms with Gasteiger partial charge < -0.3 is 10.2 Å². The summed E-state index contributed by atoms with van der Waals surface area (Å²) in [5.41, 5.74) is 0. The van der Waals surface area contributed by atoms with Crippen molar-refractivity contribution in [3.63, 3.8) is 0 Å². The van der Waals surface area contributed by atoms with Gasteiger partial charge in [-0.05, 0) is 38.6 Å². The molecule has 0 radical (unpaired) electrons. The topological polar surface area (TPSA) is 32.3 Å². The molecule has 1 amide bonds. The highest BCUT2D eigenvalue weighted by atomic mass is 19.4. The fourth-order valence-corrected chi connectivity index (χ4v) is 2.26. The van der Waals surface area contributed by atoms with Crippen LogP contribution in [0.25, 0.3) is 0 Å². The lowest BCUT2D eigenvalue weighted by molar-refractivity contribution is -0.166. The number of hydrogen-bond donors (Lipinski definition) is 1. The van der Waals surface area contributed by atoms with E-state index in [0.29, 0.717) is 19.0 Å². The van der Waals surface area contributed by atoms with Crippen LogP contribution in [0.15, 0.2) is 0 Å². The summed E-state index contributed by atoms with van der Waals surface area (Å²) in [4.78, 5) is 13.1. The first-order chi connectivity index (χ1) is 9.20. The molecule has 1 unspecified atom stereocenters. The van der Waals surface area contributed by atoms with Gasteiger partial charge in [-0.2, -0.15) is 13.2 Å². The standard InChI is InChI=1S/C14H25F3N2O/c1-10(2)18-8-4-5-13(20)19(9-14(15,16)17)11(3)12-6-7-12/h10-12,18H,4-9H2,1-3H3. The minimum atomic E-state index is -4.32.